The van der Waals surface area contributed by atoms with Gasteiger partial charge in [-0.05, 0) is 18.2 Å². The summed E-state index contributed by atoms with van der Waals surface area (Å²) in [4.78, 5) is 7.31. The molecule has 2 aromatic rings. The zero-order valence-electron chi connectivity index (χ0n) is 10.4. The molecule has 1 aliphatic heterocycles. The lowest BCUT2D eigenvalue weighted by atomic mass is 10.1. The number of nitrogens with one attached hydrogen (secondary N) is 2. The van der Waals surface area contributed by atoms with E-state index in [0.29, 0.717) is 5.56 Å². The van der Waals surface area contributed by atoms with Crippen LogP contribution in [0.1, 0.15) is 11.3 Å². The van der Waals surface area contributed by atoms with E-state index in [4.69, 9.17) is 10.9 Å². The summed E-state index contributed by atoms with van der Waals surface area (Å²) in [6.07, 6.45) is 3.42. The molecule has 3 rings (SSSR count). The molecule has 0 fully saturated rings. The Morgan fingerprint density at radius 1 is 1.15 bits per heavy atom. The van der Waals surface area contributed by atoms with Crippen molar-refractivity contribution < 1.29 is 8.42 Å². The van der Waals surface area contributed by atoms with Crippen LogP contribution in [0.15, 0.2) is 46.4 Å². The van der Waals surface area contributed by atoms with Gasteiger partial charge in [-0.3, -0.25) is 5.73 Å². The highest BCUT2D eigenvalue weighted by Crippen LogP contribution is 2.28. The number of fused-ring (bicyclic) bond motifs is 1. The molecule has 0 saturated heterocycles. The third-order valence-corrected chi connectivity index (χ3v) is 4.05. The second-order valence-electron chi connectivity index (χ2n) is 4.52. The number of benzene rings is 1. The zero-order valence-corrected chi connectivity index (χ0v) is 11.2. The fourth-order valence-electron chi connectivity index (χ4n) is 2.05. The van der Waals surface area contributed by atoms with Gasteiger partial charge >= 0.3 is 0 Å². The Morgan fingerprint density at radius 2 is 1.85 bits per heavy atom. The van der Waals surface area contributed by atoms with Gasteiger partial charge in [-0.15, -0.1) is 0 Å². The average Bonchev–Trinajstić information content (AvgIpc) is 2.85. The highest BCUT2D eigenvalue weighted by Gasteiger charge is 2.30. The molecule has 0 amide bonds. The Morgan fingerprint density at radius 3 is 2.50 bits per heavy atom. The van der Waals surface area contributed by atoms with E-state index in [1.807, 2.05) is 6.07 Å². The van der Waals surface area contributed by atoms with E-state index in [9.17, 15) is 8.42 Å². The van der Waals surface area contributed by atoms with E-state index in [0.717, 1.165) is 11.4 Å². The van der Waals surface area contributed by atoms with Crippen LogP contribution in [0.5, 0.6) is 0 Å². The smallest absolute Gasteiger partial charge is 0.238 e. The monoisotopic (exact) mass is 291 g/mol. The molecule has 1 atom stereocenters. The van der Waals surface area contributed by atoms with Gasteiger partial charge in [0.1, 0.15) is 0 Å². The number of sulfonamides is 1. The predicted molar refractivity (Wildman–Crippen MR) is 75.7 cm³/mol. The summed E-state index contributed by atoms with van der Waals surface area (Å²) >= 11 is 0. The van der Waals surface area contributed by atoms with Crippen molar-refractivity contribution in [1.82, 2.24) is 4.98 Å². The number of aromatic nitrogens is 1. The highest BCUT2D eigenvalue weighted by molar-refractivity contribution is 7.89. The van der Waals surface area contributed by atoms with Crippen molar-refractivity contribution in [3.63, 3.8) is 0 Å². The molecule has 20 heavy (non-hydrogen) atoms. The fraction of sp³-hybridized carbons (Fsp3) is 0.0833. The van der Waals surface area contributed by atoms with Crippen molar-refractivity contribution in [1.29, 1.82) is 0 Å². The SMILES string of the molecule is NC1(c2ccc(S(N)(=O)=O)cc2)N=Cc2[nH]ccc2N1. The molecular formula is C12H13N5O2S. The molecule has 1 aromatic heterocycles. The lowest BCUT2D eigenvalue weighted by Gasteiger charge is -2.30. The first-order valence-electron chi connectivity index (χ1n) is 5.81. The number of hydrogen-bond donors (Lipinski definition) is 4. The highest BCUT2D eigenvalue weighted by atomic mass is 32.2. The van der Waals surface area contributed by atoms with Crippen LogP contribution in [0.2, 0.25) is 0 Å². The van der Waals surface area contributed by atoms with Crippen LogP contribution in [0.4, 0.5) is 5.69 Å². The van der Waals surface area contributed by atoms with Gasteiger partial charge in [0.15, 0.2) is 0 Å². The molecule has 0 bridgehead atoms. The van der Waals surface area contributed by atoms with Gasteiger partial charge < -0.3 is 10.3 Å². The summed E-state index contributed by atoms with van der Waals surface area (Å²) in [5.74, 6) is -1.13. The van der Waals surface area contributed by atoms with E-state index in [-0.39, 0.29) is 4.90 Å². The normalized spacial score (nSPS) is 21.3. The first kappa shape index (κ1) is 12.9. The standard InChI is InChI=1S/C12H13N5O2S/c13-12(16-7-11-10(17-12)5-6-15-11)8-1-3-9(4-2-8)20(14,18)19/h1-7,15,17H,13H2,(H2,14,18,19). The van der Waals surface area contributed by atoms with Gasteiger partial charge in [-0.1, -0.05) is 12.1 Å². The molecule has 0 spiro atoms. The average molecular weight is 291 g/mol. The summed E-state index contributed by atoms with van der Waals surface area (Å²) in [6, 6.07) is 7.83. The number of primary sulfonamides is 1. The van der Waals surface area contributed by atoms with Crippen LogP contribution < -0.4 is 16.2 Å². The molecule has 1 aliphatic rings. The van der Waals surface area contributed by atoms with E-state index in [1.165, 1.54) is 12.1 Å². The van der Waals surface area contributed by atoms with Crippen molar-refractivity contribution in [2.45, 2.75) is 10.7 Å². The maximum atomic E-state index is 11.2. The molecule has 1 aromatic carbocycles. The van der Waals surface area contributed by atoms with Crippen LogP contribution in [0.25, 0.3) is 0 Å². The lowest BCUT2D eigenvalue weighted by Crippen LogP contribution is -2.44. The van der Waals surface area contributed by atoms with Gasteiger partial charge in [0.2, 0.25) is 15.8 Å². The molecule has 2 heterocycles. The Labute approximate surface area is 115 Å². The number of anilines is 1. The van der Waals surface area contributed by atoms with E-state index < -0.39 is 15.8 Å². The number of nitrogens with zero attached hydrogens (tertiary/aromatic N) is 1. The largest absolute Gasteiger partial charge is 0.359 e. The van der Waals surface area contributed by atoms with Crippen molar-refractivity contribution in [2.75, 3.05) is 5.32 Å². The zero-order chi connectivity index (χ0) is 14.4. The molecule has 0 aliphatic carbocycles. The number of aliphatic imine (C=N–C) groups is 1. The molecule has 8 heteroatoms. The molecule has 0 radical (unpaired) electrons. The van der Waals surface area contributed by atoms with Crippen molar-refractivity contribution in [2.24, 2.45) is 15.9 Å². The predicted octanol–water partition coefficient (Wildman–Crippen LogP) is 0.276. The Hall–Kier alpha value is -2.16. The third-order valence-electron chi connectivity index (χ3n) is 3.12. The van der Waals surface area contributed by atoms with Crippen molar-refractivity contribution >= 4 is 21.9 Å². The number of H-pyrrole nitrogens is 1. The van der Waals surface area contributed by atoms with Gasteiger partial charge in [0, 0.05) is 11.8 Å². The van der Waals surface area contributed by atoms with Crippen LogP contribution in [-0.4, -0.2) is 19.6 Å². The summed E-state index contributed by atoms with van der Waals surface area (Å²) in [6.45, 7) is 0. The van der Waals surface area contributed by atoms with Crippen molar-refractivity contribution in [3.05, 3.63) is 47.8 Å². The summed E-state index contributed by atoms with van der Waals surface area (Å²) in [5.41, 5.74) is 8.51. The Kier molecular flexibility index (Phi) is 2.68. The Balaban J connectivity index is 1.97. The minimum absolute atomic E-state index is 0.0342. The molecule has 0 saturated carbocycles. The lowest BCUT2D eigenvalue weighted by molar-refractivity contribution is 0.540. The van der Waals surface area contributed by atoms with Gasteiger partial charge in [0.05, 0.1) is 22.5 Å². The van der Waals surface area contributed by atoms with Gasteiger partial charge in [-0.2, -0.15) is 0 Å². The maximum absolute atomic E-state index is 11.2. The maximum Gasteiger partial charge on any atom is 0.238 e. The van der Waals surface area contributed by atoms with E-state index in [1.54, 1.807) is 24.5 Å². The molecule has 7 nitrogen and oxygen atoms in total. The van der Waals surface area contributed by atoms with E-state index >= 15 is 0 Å². The first-order chi connectivity index (χ1) is 9.38. The molecule has 1 unspecified atom stereocenters. The third kappa shape index (κ3) is 2.09. The quantitative estimate of drug-likeness (QED) is 0.633. The fourth-order valence-corrected chi connectivity index (χ4v) is 2.56. The molecular weight excluding hydrogens is 278 g/mol. The second-order valence-corrected chi connectivity index (χ2v) is 6.09. The summed E-state index contributed by atoms with van der Waals surface area (Å²) in [7, 11) is -3.71. The van der Waals surface area contributed by atoms with Crippen LogP contribution in [0.3, 0.4) is 0 Å². The van der Waals surface area contributed by atoms with Crippen LogP contribution in [-0.2, 0) is 15.8 Å². The number of hydrogen-bond acceptors (Lipinski definition) is 5. The minimum Gasteiger partial charge on any atom is -0.359 e. The second kappa shape index (κ2) is 4.17. The summed E-state index contributed by atoms with van der Waals surface area (Å²) < 4.78 is 22.5. The minimum atomic E-state index is -3.71. The number of nitrogens with two attached hydrogens (primary N) is 2. The summed E-state index contributed by atoms with van der Waals surface area (Å²) in [5, 5.41) is 8.15. The van der Waals surface area contributed by atoms with Crippen LogP contribution >= 0.6 is 0 Å². The van der Waals surface area contributed by atoms with E-state index in [2.05, 4.69) is 15.3 Å². The topological polar surface area (TPSA) is 126 Å². The van der Waals surface area contributed by atoms with Crippen molar-refractivity contribution in [3.8, 4) is 0 Å². The number of aromatic amines is 1. The first-order valence-corrected chi connectivity index (χ1v) is 7.36. The van der Waals surface area contributed by atoms with Gasteiger partial charge in [-0.25, -0.2) is 18.5 Å². The molecule has 104 valence electrons. The molecule has 6 N–H and O–H groups in total. The van der Waals surface area contributed by atoms with Gasteiger partial charge in [0.25, 0.3) is 0 Å². The van der Waals surface area contributed by atoms with Crippen LogP contribution in [0, 0.1) is 0 Å². The number of rotatable bonds is 2. The Bertz CT molecular complexity index is 778.